The van der Waals surface area contributed by atoms with Gasteiger partial charge in [-0.3, -0.25) is 0 Å². The van der Waals surface area contributed by atoms with Crippen LogP contribution >= 0.6 is 38.2 Å². The second kappa shape index (κ2) is 6.40. The van der Waals surface area contributed by atoms with Gasteiger partial charge in [-0.05, 0) is 31.9 Å². The molecule has 2 unspecified atom stereocenters. The smallest absolute Gasteiger partial charge is 0.265 e. The van der Waals surface area contributed by atoms with E-state index in [4.69, 9.17) is 31.8 Å². The molecule has 0 amide bonds. The van der Waals surface area contributed by atoms with Gasteiger partial charge < -0.3 is 9.47 Å². The Bertz CT molecular complexity index is 606. The van der Waals surface area contributed by atoms with Crippen molar-refractivity contribution in [2.75, 3.05) is 6.61 Å². The Balaban J connectivity index is 2.22. The summed E-state index contributed by atoms with van der Waals surface area (Å²) in [6, 6.07) is 2.92. The van der Waals surface area contributed by atoms with E-state index in [0.29, 0.717) is 4.47 Å². The molecule has 0 N–H and O–H groups in total. The molecule has 0 bridgehead atoms. The van der Waals surface area contributed by atoms with Crippen LogP contribution in [0.25, 0.3) is 0 Å². The molecule has 4 nitrogen and oxygen atoms in total. The Morgan fingerprint density at radius 1 is 1.45 bits per heavy atom. The van der Waals surface area contributed by atoms with Crippen molar-refractivity contribution in [1.82, 2.24) is 0 Å². The highest BCUT2D eigenvalue weighted by Gasteiger charge is 2.25. The Hall–Kier alpha value is -0.0100. The van der Waals surface area contributed by atoms with Crippen molar-refractivity contribution in [1.29, 1.82) is 0 Å². The van der Waals surface area contributed by atoms with E-state index in [9.17, 15) is 8.42 Å². The second-order valence-corrected chi connectivity index (χ2v) is 8.47. The van der Waals surface area contributed by atoms with Gasteiger partial charge in [-0.25, -0.2) is 8.42 Å². The molecular formula is C12H13BrCl2O4S. The first-order valence-corrected chi connectivity index (χ1v) is 9.47. The normalized spacial score (nSPS) is 23.0. The first-order chi connectivity index (χ1) is 9.27. The standard InChI is InChI=1S/C12H13BrCl2O4S/c1-7-2-3-9(19-7)6-18-12-10(14)4-8(13)5-11(12)20(15,16)17/h4-5,7,9H,2-3,6H2,1H3. The molecule has 1 aliphatic heterocycles. The lowest BCUT2D eigenvalue weighted by Gasteiger charge is -2.15. The summed E-state index contributed by atoms with van der Waals surface area (Å²) in [7, 11) is 1.46. The first kappa shape index (κ1) is 16.4. The highest BCUT2D eigenvalue weighted by atomic mass is 79.9. The van der Waals surface area contributed by atoms with Gasteiger partial charge in [-0.1, -0.05) is 27.5 Å². The summed E-state index contributed by atoms with van der Waals surface area (Å²) in [6.45, 7) is 2.23. The molecule has 112 valence electrons. The zero-order valence-corrected chi connectivity index (χ0v) is 14.5. The molecule has 0 saturated carbocycles. The Morgan fingerprint density at radius 2 is 2.15 bits per heavy atom. The molecule has 2 rings (SSSR count). The van der Waals surface area contributed by atoms with Gasteiger partial charge in [0.05, 0.1) is 17.2 Å². The minimum Gasteiger partial charge on any atom is -0.488 e. The number of rotatable bonds is 4. The van der Waals surface area contributed by atoms with E-state index in [2.05, 4.69) is 15.9 Å². The number of hydrogen-bond acceptors (Lipinski definition) is 4. The largest absolute Gasteiger partial charge is 0.488 e. The SMILES string of the molecule is CC1CCC(COc2c(Cl)cc(Br)cc2S(=O)(=O)Cl)O1. The molecule has 1 aromatic rings. The van der Waals surface area contributed by atoms with Crippen molar-refractivity contribution >= 4 is 47.3 Å². The second-order valence-electron chi connectivity index (χ2n) is 4.61. The van der Waals surface area contributed by atoms with Crippen molar-refractivity contribution in [2.45, 2.75) is 36.9 Å². The maximum Gasteiger partial charge on any atom is 0.265 e. The zero-order valence-electron chi connectivity index (χ0n) is 10.6. The summed E-state index contributed by atoms with van der Waals surface area (Å²) < 4.78 is 34.8. The van der Waals surface area contributed by atoms with Gasteiger partial charge in [-0.15, -0.1) is 0 Å². The van der Waals surface area contributed by atoms with E-state index in [1.54, 1.807) is 6.07 Å². The molecule has 0 radical (unpaired) electrons. The van der Waals surface area contributed by atoms with E-state index >= 15 is 0 Å². The Kier molecular flexibility index (Phi) is 5.24. The van der Waals surface area contributed by atoms with Crippen LogP contribution in [-0.4, -0.2) is 27.2 Å². The van der Waals surface area contributed by atoms with Crippen LogP contribution in [0.1, 0.15) is 19.8 Å². The van der Waals surface area contributed by atoms with Crippen LogP contribution in [0.3, 0.4) is 0 Å². The third-order valence-corrected chi connectivity index (χ3v) is 5.04. The number of hydrogen-bond donors (Lipinski definition) is 0. The van der Waals surface area contributed by atoms with E-state index in [-0.39, 0.29) is 34.5 Å². The van der Waals surface area contributed by atoms with Crippen molar-refractivity contribution < 1.29 is 17.9 Å². The third-order valence-electron chi connectivity index (χ3n) is 2.97. The van der Waals surface area contributed by atoms with Gasteiger partial charge in [0.25, 0.3) is 9.05 Å². The lowest BCUT2D eigenvalue weighted by atomic mass is 10.2. The van der Waals surface area contributed by atoms with Crippen LogP contribution in [0.4, 0.5) is 0 Å². The summed E-state index contributed by atoms with van der Waals surface area (Å²) in [5, 5.41) is 0.185. The molecule has 1 aromatic carbocycles. The minimum absolute atomic E-state index is 0.0596. The first-order valence-electron chi connectivity index (χ1n) is 5.99. The highest BCUT2D eigenvalue weighted by Crippen LogP contribution is 2.37. The van der Waals surface area contributed by atoms with Gasteiger partial charge in [-0.2, -0.15) is 0 Å². The molecule has 20 heavy (non-hydrogen) atoms. The fourth-order valence-electron chi connectivity index (χ4n) is 2.04. The van der Waals surface area contributed by atoms with E-state index in [1.165, 1.54) is 6.07 Å². The van der Waals surface area contributed by atoms with Crippen LogP contribution in [0.2, 0.25) is 5.02 Å². The summed E-state index contributed by atoms with van der Waals surface area (Å²) in [6.07, 6.45) is 1.97. The van der Waals surface area contributed by atoms with Gasteiger partial charge in [0.15, 0.2) is 5.75 Å². The molecule has 1 heterocycles. The molecule has 1 fully saturated rings. The van der Waals surface area contributed by atoms with Gasteiger partial charge in [0.2, 0.25) is 0 Å². The maximum atomic E-state index is 11.6. The zero-order chi connectivity index (χ0) is 14.9. The van der Waals surface area contributed by atoms with Gasteiger partial charge in [0, 0.05) is 15.2 Å². The van der Waals surface area contributed by atoms with Crippen molar-refractivity contribution in [2.24, 2.45) is 0 Å². The van der Waals surface area contributed by atoms with E-state index in [1.807, 2.05) is 6.92 Å². The monoisotopic (exact) mass is 402 g/mol. The number of ether oxygens (including phenoxy) is 2. The molecule has 2 atom stereocenters. The highest BCUT2D eigenvalue weighted by molar-refractivity contribution is 9.10. The fourth-order valence-corrected chi connectivity index (χ4v) is 4.12. The molecule has 0 aromatic heterocycles. The van der Waals surface area contributed by atoms with E-state index in [0.717, 1.165) is 12.8 Å². The minimum atomic E-state index is -3.94. The van der Waals surface area contributed by atoms with Crippen molar-refractivity contribution in [3.8, 4) is 5.75 Å². The van der Waals surface area contributed by atoms with E-state index < -0.39 is 9.05 Å². The fraction of sp³-hybridized carbons (Fsp3) is 0.500. The number of halogens is 3. The van der Waals surface area contributed by atoms with Crippen LogP contribution in [0.5, 0.6) is 5.75 Å². The Labute approximate surface area is 135 Å². The predicted octanol–water partition coefficient (Wildman–Crippen LogP) is 3.98. The number of benzene rings is 1. The van der Waals surface area contributed by atoms with Crippen molar-refractivity contribution in [3.05, 3.63) is 21.6 Å². The molecule has 0 spiro atoms. The van der Waals surface area contributed by atoms with Gasteiger partial charge in [0.1, 0.15) is 11.5 Å². The lowest BCUT2D eigenvalue weighted by Crippen LogP contribution is -2.18. The predicted molar refractivity (Wildman–Crippen MR) is 81.3 cm³/mol. The Morgan fingerprint density at radius 3 is 2.70 bits per heavy atom. The molecular weight excluding hydrogens is 391 g/mol. The topological polar surface area (TPSA) is 52.6 Å². The maximum absolute atomic E-state index is 11.6. The summed E-state index contributed by atoms with van der Waals surface area (Å²) in [4.78, 5) is -0.149. The molecule has 1 aliphatic rings. The van der Waals surface area contributed by atoms with Crippen LogP contribution in [0, 0.1) is 0 Å². The average molecular weight is 404 g/mol. The lowest BCUT2D eigenvalue weighted by molar-refractivity contribution is 0.0258. The average Bonchev–Trinajstić information content (AvgIpc) is 2.72. The summed E-state index contributed by atoms with van der Waals surface area (Å²) >= 11 is 9.21. The van der Waals surface area contributed by atoms with Crippen LogP contribution in [0.15, 0.2) is 21.5 Å². The molecule has 0 aliphatic carbocycles. The van der Waals surface area contributed by atoms with Crippen molar-refractivity contribution in [3.63, 3.8) is 0 Å². The summed E-state index contributed by atoms with van der Waals surface area (Å²) in [5.74, 6) is 0.0630. The third kappa shape index (κ3) is 4.01. The molecule has 8 heteroatoms. The quantitative estimate of drug-likeness (QED) is 0.713. The van der Waals surface area contributed by atoms with Crippen LogP contribution < -0.4 is 4.74 Å². The van der Waals surface area contributed by atoms with Crippen LogP contribution in [-0.2, 0) is 13.8 Å². The molecule has 1 saturated heterocycles. The summed E-state index contributed by atoms with van der Waals surface area (Å²) in [5.41, 5.74) is 0. The van der Waals surface area contributed by atoms with Gasteiger partial charge >= 0.3 is 0 Å².